The molecule has 5 atom stereocenters. The largest absolute Gasteiger partial charge is 0.508 e. The highest BCUT2D eigenvalue weighted by Gasteiger charge is 2.32. The van der Waals surface area contributed by atoms with Crippen molar-refractivity contribution in [3.63, 3.8) is 0 Å². The molecule has 0 aliphatic carbocycles. The predicted molar refractivity (Wildman–Crippen MR) is 132 cm³/mol. The van der Waals surface area contributed by atoms with E-state index in [2.05, 4.69) is 28.6 Å². The summed E-state index contributed by atoms with van der Waals surface area (Å²) in [6.45, 7) is 1.71. The van der Waals surface area contributed by atoms with Crippen LogP contribution in [0, 0.1) is 0 Å². The quantitative estimate of drug-likeness (QED) is 0.0957. The molecule has 0 spiro atoms. The minimum atomic E-state index is -1.50. The Morgan fingerprint density at radius 3 is 2.09 bits per heavy atom. The van der Waals surface area contributed by atoms with Crippen molar-refractivity contribution in [2.45, 2.75) is 62.9 Å². The summed E-state index contributed by atoms with van der Waals surface area (Å²) in [4.78, 5) is 49.5. The van der Waals surface area contributed by atoms with Crippen molar-refractivity contribution in [3.05, 3.63) is 29.8 Å². The summed E-state index contributed by atoms with van der Waals surface area (Å²) >= 11 is 3.87. The highest BCUT2D eigenvalue weighted by atomic mass is 32.1. The number of aliphatic hydroxyl groups is 1. The molecule has 0 bridgehead atoms. The van der Waals surface area contributed by atoms with Crippen LogP contribution < -0.4 is 27.4 Å². The van der Waals surface area contributed by atoms with E-state index >= 15 is 0 Å². The molecule has 13 heteroatoms. The van der Waals surface area contributed by atoms with Gasteiger partial charge in [-0.15, -0.1) is 0 Å². The molecule has 0 saturated heterocycles. The molecular weight excluding hydrogens is 478 g/mol. The summed E-state index contributed by atoms with van der Waals surface area (Å²) in [7, 11) is 0. The molecule has 0 fully saturated rings. The second kappa shape index (κ2) is 15.2. The molecule has 0 heterocycles. The van der Waals surface area contributed by atoms with Crippen molar-refractivity contribution >= 4 is 36.3 Å². The maximum Gasteiger partial charge on any atom is 0.327 e. The predicted octanol–water partition coefficient (Wildman–Crippen LogP) is -1.76. The molecule has 5 unspecified atom stereocenters. The summed E-state index contributed by atoms with van der Waals surface area (Å²) in [6.07, 6.45) is 0.288. The Balaban J connectivity index is 3.04. The molecular formula is C22H35N5O7S. The average Bonchev–Trinajstić information content (AvgIpc) is 2.81. The summed E-state index contributed by atoms with van der Waals surface area (Å²) in [6, 6.07) is 1.06. The van der Waals surface area contributed by atoms with Crippen molar-refractivity contribution in [2.75, 3.05) is 12.3 Å². The zero-order valence-corrected chi connectivity index (χ0v) is 20.4. The number of rotatable bonds is 15. The number of carbonyl (C=O) groups excluding carboxylic acids is 3. The van der Waals surface area contributed by atoms with Gasteiger partial charge in [-0.3, -0.25) is 14.4 Å². The van der Waals surface area contributed by atoms with Crippen LogP contribution in [0.2, 0.25) is 0 Å². The molecule has 1 aromatic carbocycles. The summed E-state index contributed by atoms with van der Waals surface area (Å²) < 4.78 is 0. The van der Waals surface area contributed by atoms with E-state index in [1.165, 1.54) is 19.1 Å². The van der Waals surface area contributed by atoms with Crippen LogP contribution in [0.4, 0.5) is 0 Å². The Morgan fingerprint density at radius 1 is 0.971 bits per heavy atom. The fraction of sp³-hybridized carbons (Fsp3) is 0.545. The van der Waals surface area contributed by atoms with Gasteiger partial charge in [0, 0.05) is 12.2 Å². The lowest BCUT2D eigenvalue weighted by atomic mass is 10.0. The number of unbranched alkanes of at least 4 members (excludes halogenated alkanes) is 1. The maximum atomic E-state index is 13.1. The highest BCUT2D eigenvalue weighted by Crippen LogP contribution is 2.12. The van der Waals surface area contributed by atoms with Gasteiger partial charge in [0.1, 0.15) is 23.9 Å². The summed E-state index contributed by atoms with van der Waals surface area (Å²) in [5.41, 5.74) is 12.0. The van der Waals surface area contributed by atoms with Gasteiger partial charge in [-0.2, -0.15) is 12.6 Å². The number of hydrogen-bond donors (Lipinski definition) is 9. The van der Waals surface area contributed by atoms with Crippen LogP contribution in [0.1, 0.15) is 31.7 Å². The minimum absolute atomic E-state index is 0.00405. The Labute approximate surface area is 209 Å². The number of phenolic OH excluding ortho intramolecular Hbond substituents is 1. The molecule has 1 aromatic rings. The zero-order valence-electron chi connectivity index (χ0n) is 19.5. The number of aliphatic hydroxyl groups excluding tert-OH is 1. The maximum absolute atomic E-state index is 13.1. The van der Waals surface area contributed by atoms with Gasteiger partial charge in [-0.1, -0.05) is 18.6 Å². The van der Waals surface area contributed by atoms with Crippen molar-refractivity contribution < 1.29 is 34.5 Å². The number of carbonyl (C=O) groups is 4. The molecule has 10 N–H and O–H groups in total. The molecule has 1 rings (SSSR count). The molecule has 0 aliphatic heterocycles. The van der Waals surface area contributed by atoms with Gasteiger partial charge in [0.25, 0.3) is 0 Å². The third-order valence-corrected chi connectivity index (χ3v) is 5.54. The molecule has 0 radical (unpaired) electrons. The van der Waals surface area contributed by atoms with E-state index in [-0.39, 0.29) is 17.9 Å². The number of nitrogens with one attached hydrogen (secondary N) is 3. The molecule has 0 aliphatic rings. The van der Waals surface area contributed by atoms with E-state index in [1.807, 2.05) is 0 Å². The first-order chi connectivity index (χ1) is 16.5. The Kier molecular flexibility index (Phi) is 13.1. The third-order valence-electron chi connectivity index (χ3n) is 5.17. The summed E-state index contributed by atoms with van der Waals surface area (Å²) in [5, 5.41) is 35.8. The van der Waals surface area contributed by atoms with Gasteiger partial charge in [0.05, 0.1) is 12.1 Å². The molecule has 196 valence electrons. The third kappa shape index (κ3) is 10.5. The molecule has 35 heavy (non-hydrogen) atoms. The van der Waals surface area contributed by atoms with E-state index in [4.69, 9.17) is 16.6 Å². The van der Waals surface area contributed by atoms with Gasteiger partial charge in [-0.05, 0) is 44.0 Å². The lowest BCUT2D eigenvalue weighted by molar-refractivity contribution is -0.142. The van der Waals surface area contributed by atoms with Gasteiger partial charge < -0.3 is 42.7 Å². The number of benzene rings is 1. The smallest absolute Gasteiger partial charge is 0.327 e. The van der Waals surface area contributed by atoms with E-state index < -0.39 is 54.0 Å². The van der Waals surface area contributed by atoms with Crippen molar-refractivity contribution in [2.24, 2.45) is 11.5 Å². The van der Waals surface area contributed by atoms with E-state index in [0.29, 0.717) is 31.4 Å². The standard InChI is InChI=1S/C22H35N5O7S/c1-12(28)18(21(32)26-17(11-35)22(33)34)27-20(31)16(10-13-5-7-14(29)8-6-13)25-19(30)15(24)4-2-3-9-23/h5-8,12,15-18,28-29,35H,2-4,9-11,23-24H2,1H3,(H,25,30)(H,26,32)(H,27,31)(H,33,34). The molecule has 3 amide bonds. The van der Waals surface area contributed by atoms with Crippen LogP contribution in [0.3, 0.4) is 0 Å². The number of nitrogens with two attached hydrogens (primary N) is 2. The second-order valence-electron chi connectivity index (χ2n) is 8.13. The van der Waals surface area contributed by atoms with Gasteiger partial charge in [0.15, 0.2) is 0 Å². The van der Waals surface area contributed by atoms with Crippen LogP contribution in [0.25, 0.3) is 0 Å². The Morgan fingerprint density at radius 2 is 1.57 bits per heavy atom. The van der Waals surface area contributed by atoms with Crippen molar-refractivity contribution in [1.29, 1.82) is 0 Å². The summed E-state index contributed by atoms with van der Waals surface area (Å²) in [5.74, 6) is -3.82. The minimum Gasteiger partial charge on any atom is -0.508 e. The van der Waals surface area contributed by atoms with E-state index in [1.54, 1.807) is 12.1 Å². The van der Waals surface area contributed by atoms with E-state index in [0.717, 1.165) is 0 Å². The molecule has 12 nitrogen and oxygen atoms in total. The first-order valence-corrected chi connectivity index (χ1v) is 11.8. The fourth-order valence-corrected chi connectivity index (χ4v) is 3.35. The Bertz CT molecular complexity index is 853. The number of carboxylic acid groups (broad SMARTS) is 1. The number of thiol groups is 1. The molecule has 0 saturated carbocycles. The second-order valence-corrected chi connectivity index (χ2v) is 8.50. The fourth-order valence-electron chi connectivity index (χ4n) is 3.10. The Hall–Kier alpha value is -2.87. The van der Waals surface area contributed by atoms with Crippen molar-refractivity contribution in [3.8, 4) is 5.75 Å². The van der Waals surface area contributed by atoms with Crippen LogP contribution in [0.5, 0.6) is 5.75 Å². The monoisotopic (exact) mass is 513 g/mol. The highest BCUT2D eigenvalue weighted by molar-refractivity contribution is 7.80. The van der Waals surface area contributed by atoms with E-state index in [9.17, 15) is 29.4 Å². The SMILES string of the molecule is CC(O)C(NC(=O)C(Cc1ccc(O)cc1)NC(=O)C(N)CCCCN)C(=O)NC(CS)C(=O)O. The lowest BCUT2D eigenvalue weighted by Crippen LogP contribution is -2.60. The average molecular weight is 514 g/mol. The molecule has 0 aromatic heterocycles. The van der Waals surface area contributed by atoms with Crippen molar-refractivity contribution in [1.82, 2.24) is 16.0 Å². The number of aromatic hydroxyl groups is 1. The number of amides is 3. The zero-order chi connectivity index (χ0) is 26.5. The first kappa shape index (κ1) is 30.2. The van der Waals surface area contributed by atoms with Crippen LogP contribution in [-0.4, -0.2) is 81.6 Å². The lowest BCUT2D eigenvalue weighted by Gasteiger charge is -2.26. The normalized spacial score (nSPS) is 15.2. The number of hydrogen-bond acceptors (Lipinski definition) is 9. The van der Waals surface area contributed by atoms with Crippen LogP contribution in [-0.2, 0) is 25.6 Å². The number of carboxylic acids is 1. The van der Waals surface area contributed by atoms with Crippen LogP contribution >= 0.6 is 12.6 Å². The van der Waals surface area contributed by atoms with Gasteiger partial charge in [-0.25, -0.2) is 4.79 Å². The van der Waals surface area contributed by atoms with Gasteiger partial charge >= 0.3 is 5.97 Å². The van der Waals surface area contributed by atoms with Crippen LogP contribution in [0.15, 0.2) is 24.3 Å². The first-order valence-electron chi connectivity index (χ1n) is 11.2. The number of phenols is 1. The number of aliphatic carboxylic acids is 1. The topological polar surface area (TPSA) is 217 Å². The van der Waals surface area contributed by atoms with Gasteiger partial charge in [0.2, 0.25) is 17.7 Å².